The largest absolute Gasteiger partial charge is 0.470 e. The summed E-state index contributed by atoms with van der Waals surface area (Å²) in [4.78, 5) is 29.5. The first-order valence-corrected chi connectivity index (χ1v) is 7.86. The molecular weight excluding hydrogens is 341 g/mol. The molecule has 1 aromatic rings. The van der Waals surface area contributed by atoms with E-state index in [0.717, 1.165) is 12.3 Å². The number of nitrogens with two attached hydrogens (primary N) is 1. The number of aromatic nitrogens is 2. The highest BCUT2D eigenvalue weighted by Gasteiger charge is 2.35. The van der Waals surface area contributed by atoms with Crippen molar-refractivity contribution in [1.29, 1.82) is 0 Å². The molecule has 1 aliphatic rings. The van der Waals surface area contributed by atoms with E-state index < -0.39 is 30.4 Å². The second-order valence-electron chi connectivity index (χ2n) is 5.09. The molecule has 1 saturated heterocycles. The molecule has 1 aliphatic heterocycles. The molecule has 0 saturated carbocycles. The second-order valence-corrected chi connectivity index (χ2v) is 5.09. The zero-order valence-corrected chi connectivity index (χ0v) is 14.0. The van der Waals surface area contributed by atoms with Gasteiger partial charge in [-0.3, -0.25) is 9.59 Å². The Balaban J connectivity index is 0.00000151. The van der Waals surface area contributed by atoms with Gasteiger partial charge >= 0.3 is 6.18 Å². The van der Waals surface area contributed by atoms with Gasteiger partial charge in [-0.15, -0.1) is 0 Å². The SMILES string of the molecule is CC.NC(CC1CCNC1=O)C(=O)COc1ccnc(C(F)(F)F)n1. The van der Waals surface area contributed by atoms with Crippen LogP contribution in [0.25, 0.3) is 0 Å². The molecule has 10 heteroatoms. The van der Waals surface area contributed by atoms with E-state index in [1.807, 2.05) is 13.8 Å². The molecular formula is C15H21F3N4O3. The first-order chi connectivity index (χ1) is 11.8. The summed E-state index contributed by atoms with van der Waals surface area (Å²) in [5.41, 5.74) is 5.70. The van der Waals surface area contributed by atoms with Crippen molar-refractivity contribution in [2.75, 3.05) is 13.2 Å². The fourth-order valence-corrected chi connectivity index (χ4v) is 2.12. The van der Waals surface area contributed by atoms with Gasteiger partial charge in [-0.25, -0.2) is 4.98 Å². The number of nitrogens with one attached hydrogen (secondary N) is 1. The average Bonchev–Trinajstić information content (AvgIpc) is 2.99. The van der Waals surface area contributed by atoms with Crippen LogP contribution < -0.4 is 15.8 Å². The van der Waals surface area contributed by atoms with Crippen molar-refractivity contribution in [2.24, 2.45) is 11.7 Å². The van der Waals surface area contributed by atoms with Crippen LogP contribution in [-0.2, 0) is 15.8 Å². The van der Waals surface area contributed by atoms with Crippen molar-refractivity contribution in [2.45, 2.75) is 38.9 Å². The maximum absolute atomic E-state index is 12.5. The summed E-state index contributed by atoms with van der Waals surface area (Å²) >= 11 is 0. The fourth-order valence-electron chi connectivity index (χ4n) is 2.12. The van der Waals surface area contributed by atoms with Crippen LogP contribution in [0.15, 0.2) is 12.3 Å². The van der Waals surface area contributed by atoms with E-state index in [2.05, 4.69) is 15.3 Å². The Labute approximate surface area is 143 Å². The van der Waals surface area contributed by atoms with Gasteiger partial charge in [0.25, 0.3) is 0 Å². The monoisotopic (exact) mass is 362 g/mol. The van der Waals surface area contributed by atoms with Gasteiger partial charge in [-0.2, -0.15) is 18.2 Å². The number of ketones is 1. The first kappa shape index (κ1) is 20.8. The van der Waals surface area contributed by atoms with Gasteiger partial charge < -0.3 is 15.8 Å². The first-order valence-electron chi connectivity index (χ1n) is 7.86. The minimum atomic E-state index is -4.70. The second kappa shape index (κ2) is 9.30. The molecule has 0 aliphatic carbocycles. The third-order valence-electron chi connectivity index (χ3n) is 3.36. The van der Waals surface area contributed by atoms with Crippen LogP contribution in [0.4, 0.5) is 13.2 Å². The number of nitrogens with zero attached hydrogens (tertiary/aromatic N) is 2. The molecule has 140 valence electrons. The van der Waals surface area contributed by atoms with Crippen LogP contribution >= 0.6 is 0 Å². The van der Waals surface area contributed by atoms with E-state index in [1.165, 1.54) is 0 Å². The van der Waals surface area contributed by atoms with Crippen molar-refractivity contribution >= 4 is 11.7 Å². The van der Waals surface area contributed by atoms with Crippen LogP contribution in [0.1, 0.15) is 32.5 Å². The number of carbonyl (C=O) groups excluding carboxylic acids is 2. The lowest BCUT2D eigenvalue weighted by Gasteiger charge is -2.14. The Morgan fingerprint density at radius 3 is 2.72 bits per heavy atom. The minimum Gasteiger partial charge on any atom is -0.470 e. The number of ether oxygens (including phenoxy) is 1. The molecule has 7 nitrogen and oxygen atoms in total. The van der Waals surface area contributed by atoms with E-state index >= 15 is 0 Å². The lowest BCUT2D eigenvalue weighted by atomic mass is 9.97. The molecule has 0 spiro atoms. The van der Waals surface area contributed by atoms with E-state index in [4.69, 9.17) is 10.5 Å². The van der Waals surface area contributed by atoms with Crippen LogP contribution in [0, 0.1) is 5.92 Å². The molecule has 25 heavy (non-hydrogen) atoms. The van der Waals surface area contributed by atoms with Crippen molar-refractivity contribution in [1.82, 2.24) is 15.3 Å². The summed E-state index contributed by atoms with van der Waals surface area (Å²) in [6.07, 6.45) is -3.04. The van der Waals surface area contributed by atoms with Gasteiger partial charge in [0.2, 0.25) is 17.6 Å². The summed E-state index contributed by atoms with van der Waals surface area (Å²) in [7, 11) is 0. The van der Waals surface area contributed by atoms with Crippen molar-refractivity contribution in [3.63, 3.8) is 0 Å². The predicted molar refractivity (Wildman–Crippen MR) is 82.6 cm³/mol. The quantitative estimate of drug-likeness (QED) is 0.790. The van der Waals surface area contributed by atoms with Crippen molar-refractivity contribution < 1.29 is 27.5 Å². The summed E-state index contributed by atoms with van der Waals surface area (Å²) in [6, 6.07) is 0.186. The molecule has 2 unspecified atom stereocenters. The Bertz CT molecular complexity index is 596. The number of hydrogen-bond acceptors (Lipinski definition) is 6. The van der Waals surface area contributed by atoms with Gasteiger partial charge in [0.05, 0.1) is 6.04 Å². The molecule has 0 aromatic carbocycles. The maximum Gasteiger partial charge on any atom is 0.451 e. The number of alkyl halides is 3. The third kappa shape index (κ3) is 6.29. The smallest absolute Gasteiger partial charge is 0.451 e. The Hall–Kier alpha value is -2.23. The third-order valence-corrected chi connectivity index (χ3v) is 3.36. The molecule has 1 fully saturated rings. The van der Waals surface area contributed by atoms with Gasteiger partial charge in [0.15, 0.2) is 5.78 Å². The summed E-state index contributed by atoms with van der Waals surface area (Å²) < 4.78 is 42.3. The number of halogens is 3. The van der Waals surface area contributed by atoms with Gasteiger partial charge in [-0.1, -0.05) is 13.8 Å². The number of carbonyl (C=O) groups is 2. The molecule has 1 amide bonds. The average molecular weight is 362 g/mol. The van der Waals surface area contributed by atoms with Crippen LogP contribution in [0.2, 0.25) is 0 Å². The van der Waals surface area contributed by atoms with Crippen molar-refractivity contribution in [3.05, 3.63) is 18.1 Å². The summed E-state index contributed by atoms with van der Waals surface area (Å²) in [6.45, 7) is 4.02. The molecule has 2 atom stereocenters. The fraction of sp³-hybridized carbons (Fsp3) is 0.600. The number of amides is 1. The van der Waals surface area contributed by atoms with E-state index in [0.29, 0.717) is 13.0 Å². The van der Waals surface area contributed by atoms with Gasteiger partial charge in [-0.05, 0) is 12.8 Å². The van der Waals surface area contributed by atoms with E-state index in [1.54, 1.807) is 0 Å². The lowest BCUT2D eigenvalue weighted by molar-refractivity contribution is -0.145. The van der Waals surface area contributed by atoms with Gasteiger partial charge in [0, 0.05) is 24.7 Å². The highest BCUT2D eigenvalue weighted by molar-refractivity contribution is 5.87. The molecule has 2 heterocycles. The number of Topliss-reactive ketones (excluding diaryl/α,β-unsaturated/α-hetero) is 1. The van der Waals surface area contributed by atoms with Crippen molar-refractivity contribution in [3.8, 4) is 5.88 Å². The molecule has 0 radical (unpaired) electrons. The van der Waals surface area contributed by atoms with E-state index in [-0.39, 0.29) is 24.1 Å². The highest BCUT2D eigenvalue weighted by atomic mass is 19.4. The number of hydrogen-bond donors (Lipinski definition) is 2. The Morgan fingerprint density at radius 2 is 2.16 bits per heavy atom. The summed E-state index contributed by atoms with van der Waals surface area (Å²) in [5.74, 6) is -2.72. The normalized spacial score (nSPS) is 18.0. The standard InChI is InChI=1S/C13H15F3N4O3.C2H6/c14-13(15,16)12-19-4-2-10(20-12)23-6-9(21)8(17)5-7-1-3-18-11(7)22;1-2/h2,4,7-8H,1,3,5-6,17H2,(H,18,22);1-2H3. The van der Waals surface area contributed by atoms with Crippen LogP contribution in [0.3, 0.4) is 0 Å². The molecule has 0 bridgehead atoms. The predicted octanol–water partition coefficient (Wildman–Crippen LogP) is 1.32. The minimum absolute atomic E-state index is 0.153. The molecule has 2 rings (SSSR count). The highest BCUT2D eigenvalue weighted by Crippen LogP contribution is 2.26. The van der Waals surface area contributed by atoms with Crippen LogP contribution in [-0.4, -0.2) is 40.9 Å². The number of rotatable bonds is 6. The molecule has 3 N–H and O–H groups in total. The topological polar surface area (TPSA) is 107 Å². The zero-order valence-electron chi connectivity index (χ0n) is 14.0. The maximum atomic E-state index is 12.5. The molecule has 1 aromatic heterocycles. The van der Waals surface area contributed by atoms with Gasteiger partial charge in [0.1, 0.15) is 6.61 Å². The van der Waals surface area contributed by atoms with E-state index in [9.17, 15) is 22.8 Å². The lowest BCUT2D eigenvalue weighted by Crippen LogP contribution is -2.37. The summed E-state index contributed by atoms with van der Waals surface area (Å²) in [5, 5.41) is 2.63. The zero-order chi connectivity index (χ0) is 19.0. The van der Waals surface area contributed by atoms with Crippen LogP contribution in [0.5, 0.6) is 5.88 Å². The Morgan fingerprint density at radius 1 is 1.48 bits per heavy atom. The Kier molecular flexibility index (Phi) is 7.75.